The molecule has 0 aliphatic carbocycles. The van der Waals surface area contributed by atoms with Crippen molar-refractivity contribution in [3.63, 3.8) is 0 Å². The summed E-state index contributed by atoms with van der Waals surface area (Å²) >= 11 is 0. The molecule has 0 aliphatic rings. The van der Waals surface area contributed by atoms with Crippen molar-refractivity contribution >= 4 is 11.7 Å². The van der Waals surface area contributed by atoms with Gasteiger partial charge in [-0.2, -0.15) is 0 Å². The van der Waals surface area contributed by atoms with E-state index < -0.39 is 0 Å². The van der Waals surface area contributed by atoms with Crippen LogP contribution >= 0.6 is 0 Å². The summed E-state index contributed by atoms with van der Waals surface area (Å²) in [6.07, 6.45) is 1.03. The Balaban J connectivity index is 2.94. The highest BCUT2D eigenvalue weighted by Crippen LogP contribution is 2.16. The Bertz CT molecular complexity index is 457. The van der Waals surface area contributed by atoms with Crippen molar-refractivity contribution < 1.29 is 4.79 Å². The van der Waals surface area contributed by atoms with Gasteiger partial charge < -0.3 is 10.2 Å². The Labute approximate surface area is 122 Å². The van der Waals surface area contributed by atoms with E-state index in [2.05, 4.69) is 38.0 Å². The lowest BCUT2D eigenvalue weighted by Crippen LogP contribution is -2.38. The summed E-state index contributed by atoms with van der Waals surface area (Å²) in [5, 5.41) is 3.24. The third kappa shape index (κ3) is 4.22. The number of aryl methyl sites for hydroxylation is 1. The van der Waals surface area contributed by atoms with E-state index in [1.54, 1.807) is 0 Å². The Morgan fingerprint density at radius 1 is 1.35 bits per heavy atom. The Kier molecular flexibility index (Phi) is 5.99. The minimum absolute atomic E-state index is 0.0521. The highest BCUT2D eigenvalue weighted by Gasteiger charge is 2.20. The highest BCUT2D eigenvalue weighted by atomic mass is 16.2. The second-order valence-corrected chi connectivity index (χ2v) is 5.71. The predicted octanol–water partition coefficient (Wildman–Crippen LogP) is 3.33. The molecule has 0 saturated heterocycles. The second kappa shape index (κ2) is 7.27. The van der Waals surface area contributed by atoms with Crippen molar-refractivity contribution in [3.05, 3.63) is 23.4 Å². The first kappa shape index (κ1) is 16.5. The van der Waals surface area contributed by atoms with E-state index in [1.165, 1.54) is 0 Å². The molecule has 1 atom stereocenters. The quantitative estimate of drug-likeness (QED) is 0.867. The average Bonchev–Trinajstić information content (AvgIpc) is 2.41. The summed E-state index contributed by atoms with van der Waals surface area (Å²) in [6.45, 7) is 11.2. The van der Waals surface area contributed by atoms with Crippen molar-refractivity contribution in [1.29, 1.82) is 0 Å². The van der Waals surface area contributed by atoms with Crippen LogP contribution in [0.1, 0.15) is 50.2 Å². The zero-order chi connectivity index (χ0) is 15.3. The van der Waals surface area contributed by atoms with Crippen molar-refractivity contribution in [2.24, 2.45) is 5.92 Å². The number of pyridine rings is 1. The molecule has 1 unspecified atom stereocenters. The van der Waals surface area contributed by atoms with Crippen LogP contribution in [0.4, 0.5) is 5.82 Å². The molecule has 0 fully saturated rings. The van der Waals surface area contributed by atoms with E-state index in [-0.39, 0.29) is 11.9 Å². The van der Waals surface area contributed by atoms with Crippen molar-refractivity contribution in [2.45, 2.75) is 47.1 Å². The van der Waals surface area contributed by atoms with Gasteiger partial charge >= 0.3 is 0 Å². The number of hydrogen-bond acceptors (Lipinski definition) is 3. The summed E-state index contributed by atoms with van der Waals surface area (Å²) in [5.74, 6) is 1.27. The first-order valence-corrected chi connectivity index (χ1v) is 7.36. The number of carbonyl (C=O) groups is 1. The third-order valence-corrected chi connectivity index (χ3v) is 3.65. The fraction of sp³-hybridized carbons (Fsp3) is 0.625. The molecule has 4 heteroatoms. The van der Waals surface area contributed by atoms with Gasteiger partial charge in [0.05, 0.1) is 0 Å². The van der Waals surface area contributed by atoms with Gasteiger partial charge in [0.15, 0.2) is 0 Å². The minimum Gasteiger partial charge on any atom is -0.370 e. The lowest BCUT2D eigenvalue weighted by molar-refractivity contribution is 0.0707. The Morgan fingerprint density at radius 2 is 2.00 bits per heavy atom. The topological polar surface area (TPSA) is 45.2 Å². The maximum atomic E-state index is 12.5. The number of nitrogens with one attached hydrogen (secondary N) is 1. The van der Waals surface area contributed by atoms with E-state index in [0.29, 0.717) is 11.5 Å². The molecule has 1 amide bonds. The molecular formula is C16H27N3O. The molecule has 20 heavy (non-hydrogen) atoms. The molecule has 112 valence electrons. The van der Waals surface area contributed by atoms with Crippen LogP contribution in [0, 0.1) is 12.8 Å². The van der Waals surface area contributed by atoms with Gasteiger partial charge in [0.2, 0.25) is 0 Å². The van der Waals surface area contributed by atoms with Gasteiger partial charge in [-0.15, -0.1) is 0 Å². The summed E-state index contributed by atoms with van der Waals surface area (Å²) in [7, 11) is 1.86. The smallest absolute Gasteiger partial charge is 0.254 e. The van der Waals surface area contributed by atoms with Gasteiger partial charge in [-0.25, -0.2) is 4.98 Å². The third-order valence-electron chi connectivity index (χ3n) is 3.65. The highest BCUT2D eigenvalue weighted by molar-refractivity contribution is 5.95. The fourth-order valence-corrected chi connectivity index (χ4v) is 1.97. The number of hydrogen-bond donors (Lipinski definition) is 1. The number of carbonyl (C=O) groups excluding carboxylic acids is 1. The van der Waals surface area contributed by atoms with Gasteiger partial charge in [-0.05, 0) is 38.3 Å². The molecule has 1 aromatic heterocycles. The minimum atomic E-state index is 0.0521. The van der Waals surface area contributed by atoms with Crippen LogP contribution < -0.4 is 5.32 Å². The zero-order valence-electron chi connectivity index (χ0n) is 13.5. The fourth-order valence-electron chi connectivity index (χ4n) is 1.97. The van der Waals surface area contributed by atoms with Crippen LogP contribution in [0.2, 0.25) is 0 Å². The standard InChI is InChI=1S/C16H27N3O/c1-7-8-17-15-10-14(9-12(4)18-15)16(20)19(6)13(5)11(2)3/h9-11,13H,7-8H2,1-6H3,(H,17,18). The van der Waals surface area contributed by atoms with Gasteiger partial charge in [-0.3, -0.25) is 4.79 Å². The van der Waals surface area contributed by atoms with Crippen LogP contribution in [-0.2, 0) is 0 Å². The van der Waals surface area contributed by atoms with Crippen LogP contribution in [0.5, 0.6) is 0 Å². The monoisotopic (exact) mass is 277 g/mol. The van der Waals surface area contributed by atoms with Crippen LogP contribution in [0.3, 0.4) is 0 Å². The molecule has 1 rings (SSSR count). The molecule has 0 saturated carbocycles. The second-order valence-electron chi connectivity index (χ2n) is 5.71. The Morgan fingerprint density at radius 3 is 2.55 bits per heavy atom. The number of anilines is 1. The van der Waals surface area contributed by atoms with E-state index in [1.807, 2.05) is 31.0 Å². The van der Waals surface area contributed by atoms with Crippen LogP contribution in [0.25, 0.3) is 0 Å². The maximum Gasteiger partial charge on any atom is 0.254 e. The molecule has 0 aliphatic heterocycles. The molecule has 1 N–H and O–H groups in total. The normalized spacial score (nSPS) is 12.3. The SMILES string of the molecule is CCCNc1cc(C(=O)N(C)C(C)C(C)C)cc(C)n1. The average molecular weight is 277 g/mol. The van der Waals surface area contributed by atoms with Gasteiger partial charge in [-0.1, -0.05) is 20.8 Å². The van der Waals surface area contributed by atoms with Crippen LogP contribution in [-0.4, -0.2) is 35.4 Å². The van der Waals surface area contributed by atoms with Crippen molar-refractivity contribution in [3.8, 4) is 0 Å². The van der Waals surface area contributed by atoms with E-state index in [0.717, 1.165) is 24.5 Å². The van der Waals surface area contributed by atoms with Crippen LogP contribution in [0.15, 0.2) is 12.1 Å². The lowest BCUT2D eigenvalue weighted by Gasteiger charge is -2.28. The molecule has 0 aromatic carbocycles. The first-order chi connectivity index (χ1) is 9.36. The molecular weight excluding hydrogens is 250 g/mol. The number of aromatic nitrogens is 1. The summed E-state index contributed by atoms with van der Waals surface area (Å²) < 4.78 is 0. The van der Waals surface area contributed by atoms with E-state index in [4.69, 9.17) is 0 Å². The summed E-state index contributed by atoms with van der Waals surface area (Å²) in [6, 6.07) is 3.90. The molecule has 0 radical (unpaired) electrons. The van der Waals surface area contributed by atoms with Gasteiger partial charge in [0.1, 0.15) is 5.82 Å². The molecule has 0 spiro atoms. The molecule has 1 aromatic rings. The van der Waals surface area contributed by atoms with E-state index >= 15 is 0 Å². The largest absolute Gasteiger partial charge is 0.370 e. The maximum absolute atomic E-state index is 12.5. The summed E-state index contributed by atoms with van der Waals surface area (Å²) in [4.78, 5) is 18.8. The molecule has 0 bridgehead atoms. The number of rotatable bonds is 6. The molecule has 1 heterocycles. The van der Waals surface area contributed by atoms with E-state index in [9.17, 15) is 4.79 Å². The zero-order valence-corrected chi connectivity index (χ0v) is 13.5. The summed E-state index contributed by atoms with van der Waals surface area (Å²) in [5.41, 5.74) is 1.56. The molecule has 4 nitrogen and oxygen atoms in total. The van der Waals surface area contributed by atoms with Gasteiger partial charge in [0.25, 0.3) is 5.91 Å². The first-order valence-electron chi connectivity index (χ1n) is 7.36. The van der Waals surface area contributed by atoms with Crippen molar-refractivity contribution in [2.75, 3.05) is 18.9 Å². The lowest BCUT2D eigenvalue weighted by atomic mass is 10.0. The number of nitrogens with zero attached hydrogens (tertiary/aromatic N) is 2. The van der Waals surface area contributed by atoms with Crippen molar-refractivity contribution in [1.82, 2.24) is 9.88 Å². The Hall–Kier alpha value is -1.58. The van der Waals surface area contributed by atoms with Gasteiger partial charge in [0, 0.05) is 30.9 Å². The number of amides is 1. The predicted molar refractivity (Wildman–Crippen MR) is 84.1 cm³/mol.